The number of nitrogens with one attached hydrogen (secondary N) is 1. The van der Waals surface area contributed by atoms with Gasteiger partial charge in [-0.3, -0.25) is 4.79 Å². The van der Waals surface area contributed by atoms with Gasteiger partial charge >= 0.3 is 0 Å². The summed E-state index contributed by atoms with van der Waals surface area (Å²) in [5.41, 5.74) is 3.92. The van der Waals surface area contributed by atoms with Crippen LogP contribution in [0.15, 0.2) is 48.5 Å². The molecule has 3 aromatic rings. The van der Waals surface area contributed by atoms with Crippen molar-refractivity contribution >= 4 is 23.4 Å². The number of aromatic nitrogens is 2. The Labute approximate surface area is 181 Å². The number of anilines is 3. The smallest absolute Gasteiger partial charge is 0.254 e. The first-order chi connectivity index (χ1) is 14.9. The van der Waals surface area contributed by atoms with Crippen LogP contribution in [0.3, 0.4) is 0 Å². The minimum absolute atomic E-state index is 0.140. The molecule has 0 spiro atoms. The van der Waals surface area contributed by atoms with E-state index in [0.29, 0.717) is 43.3 Å². The van der Waals surface area contributed by atoms with Gasteiger partial charge in [-0.2, -0.15) is 4.98 Å². The number of amides is 1. The molecule has 2 aromatic carbocycles. The first-order valence-electron chi connectivity index (χ1n) is 10.4. The Hall–Kier alpha value is -3.48. The standard InChI is InChI=1S/C24H26FN5O/c1-16-4-8-20(9-5-16)27-24-26-18(3)14-22(28-24)29-10-12-30(13-11-29)23(31)19-7-6-17(2)21(25)15-19/h4-9,14-15H,10-13H2,1-3H3,(H,26,27,28). The van der Waals surface area contributed by atoms with E-state index in [-0.39, 0.29) is 11.7 Å². The van der Waals surface area contributed by atoms with Gasteiger partial charge < -0.3 is 15.1 Å². The van der Waals surface area contributed by atoms with Crippen molar-refractivity contribution in [3.63, 3.8) is 0 Å². The van der Waals surface area contributed by atoms with Gasteiger partial charge in [0, 0.05) is 49.2 Å². The lowest BCUT2D eigenvalue weighted by atomic mass is 10.1. The maximum Gasteiger partial charge on any atom is 0.254 e. The van der Waals surface area contributed by atoms with Crippen LogP contribution in [0, 0.1) is 26.6 Å². The molecule has 1 aliphatic rings. The zero-order chi connectivity index (χ0) is 22.0. The topological polar surface area (TPSA) is 61.4 Å². The number of carbonyl (C=O) groups is 1. The summed E-state index contributed by atoms with van der Waals surface area (Å²) in [7, 11) is 0. The molecular weight excluding hydrogens is 393 g/mol. The summed E-state index contributed by atoms with van der Waals surface area (Å²) in [6.45, 7) is 8.09. The predicted molar refractivity (Wildman–Crippen MR) is 120 cm³/mol. The molecule has 1 fully saturated rings. The average Bonchev–Trinajstić information content (AvgIpc) is 2.76. The van der Waals surface area contributed by atoms with Crippen LogP contribution in [0.5, 0.6) is 0 Å². The first kappa shape index (κ1) is 20.8. The molecule has 0 saturated carbocycles. The molecule has 7 heteroatoms. The van der Waals surface area contributed by atoms with Crippen LogP contribution in [0.2, 0.25) is 0 Å². The molecular formula is C24H26FN5O. The van der Waals surface area contributed by atoms with E-state index in [1.165, 1.54) is 11.6 Å². The number of piperazine rings is 1. The Morgan fingerprint density at radius 1 is 0.935 bits per heavy atom. The van der Waals surface area contributed by atoms with Gasteiger partial charge in [0.05, 0.1) is 0 Å². The van der Waals surface area contributed by atoms with Gasteiger partial charge in [0.15, 0.2) is 0 Å². The highest BCUT2D eigenvalue weighted by Gasteiger charge is 2.24. The van der Waals surface area contributed by atoms with Crippen molar-refractivity contribution in [3.05, 3.63) is 76.7 Å². The SMILES string of the molecule is Cc1ccc(Nc2nc(C)cc(N3CCN(C(=O)c4ccc(C)c(F)c4)CC3)n2)cc1. The van der Waals surface area contributed by atoms with Crippen molar-refractivity contribution < 1.29 is 9.18 Å². The summed E-state index contributed by atoms with van der Waals surface area (Å²) in [5.74, 6) is 0.886. The maximum atomic E-state index is 13.8. The Bertz CT molecular complexity index is 1090. The lowest BCUT2D eigenvalue weighted by Crippen LogP contribution is -2.49. The summed E-state index contributed by atoms with van der Waals surface area (Å²) < 4.78 is 13.8. The molecule has 0 atom stereocenters. The fraction of sp³-hybridized carbons (Fsp3) is 0.292. The Balaban J connectivity index is 1.43. The quantitative estimate of drug-likeness (QED) is 0.685. The van der Waals surface area contributed by atoms with E-state index in [4.69, 9.17) is 0 Å². The molecule has 0 radical (unpaired) electrons. The van der Waals surface area contributed by atoms with E-state index in [1.807, 2.05) is 44.2 Å². The molecule has 2 heterocycles. The summed E-state index contributed by atoms with van der Waals surface area (Å²) in [6.07, 6.45) is 0. The van der Waals surface area contributed by atoms with Gasteiger partial charge in [-0.1, -0.05) is 23.8 Å². The number of nitrogens with zero attached hydrogens (tertiary/aromatic N) is 4. The second kappa shape index (κ2) is 8.71. The van der Waals surface area contributed by atoms with Gasteiger partial charge in [0.25, 0.3) is 5.91 Å². The van der Waals surface area contributed by atoms with Gasteiger partial charge in [-0.15, -0.1) is 0 Å². The van der Waals surface area contributed by atoms with Crippen LogP contribution in [0.4, 0.5) is 21.8 Å². The van der Waals surface area contributed by atoms with Crippen LogP contribution in [0.25, 0.3) is 0 Å². The minimum Gasteiger partial charge on any atom is -0.353 e. The van der Waals surface area contributed by atoms with E-state index in [2.05, 4.69) is 20.2 Å². The second-order valence-corrected chi connectivity index (χ2v) is 7.93. The van der Waals surface area contributed by atoms with Crippen molar-refractivity contribution in [1.29, 1.82) is 0 Å². The summed E-state index contributed by atoms with van der Waals surface area (Å²) in [5, 5.41) is 3.26. The van der Waals surface area contributed by atoms with E-state index < -0.39 is 0 Å². The van der Waals surface area contributed by atoms with Crippen LogP contribution in [-0.4, -0.2) is 47.0 Å². The Morgan fingerprint density at radius 3 is 2.32 bits per heavy atom. The third-order valence-corrected chi connectivity index (χ3v) is 5.46. The van der Waals surface area contributed by atoms with Crippen molar-refractivity contribution in [1.82, 2.24) is 14.9 Å². The van der Waals surface area contributed by atoms with Crippen molar-refractivity contribution in [3.8, 4) is 0 Å². The summed E-state index contributed by atoms with van der Waals surface area (Å²) >= 11 is 0. The molecule has 1 saturated heterocycles. The number of carbonyl (C=O) groups excluding carboxylic acids is 1. The molecule has 1 aliphatic heterocycles. The van der Waals surface area contributed by atoms with Gasteiger partial charge in [0.1, 0.15) is 11.6 Å². The predicted octanol–water partition coefficient (Wildman–Crippen LogP) is 4.25. The Morgan fingerprint density at radius 2 is 1.65 bits per heavy atom. The monoisotopic (exact) mass is 419 g/mol. The minimum atomic E-state index is -0.352. The maximum absolute atomic E-state index is 13.8. The highest BCUT2D eigenvalue weighted by atomic mass is 19.1. The fourth-order valence-corrected chi connectivity index (χ4v) is 3.58. The number of rotatable bonds is 4. The summed E-state index contributed by atoms with van der Waals surface area (Å²) in [6, 6.07) is 14.7. The van der Waals surface area contributed by atoms with E-state index >= 15 is 0 Å². The number of halogens is 1. The van der Waals surface area contributed by atoms with Crippen molar-refractivity contribution in [2.45, 2.75) is 20.8 Å². The zero-order valence-corrected chi connectivity index (χ0v) is 18.0. The average molecular weight is 420 g/mol. The largest absolute Gasteiger partial charge is 0.353 e. The van der Waals surface area contributed by atoms with E-state index in [0.717, 1.165) is 17.2 Å². The molecule has 1 aromatic heterocycles. The fourth-order valence-electron chi connectivity index (χ4n) is 3.58. The number of benzene rings is 2. The number of aryl methyl sites for hydroxylation is 3. The molecule has 0 aliphatic carbocycles. The van der Waals surface area contributed by atoms with Gasteiger partial charge in [-0.25, -0.2) is 9.37 Å². The van der Waals surface area contributed by atoms with Crippen molar-refractivity contribution in [2.24, 2.45) is 0 Å². The van der Waals surface area contributed by atoms with E-state index in [1.54, 1.807) is 24.0 Å². The third-order valence-electron chi connectivity index (χ3n) is 5.46. The lowest BCUT2D eigenvalue weighted by Gasteiger charge is -2.35. The van der Waals surface area contributed by atoms with Gasteiger partial charge in [0.2, 0.25) is 5.95 Å². The third kappa shape index (κ3) is 4.82. The number of hydrogen-bond donors (Lipinski definition) is 1. The first-order valence-corrected chi connectivity index (χ1v) is 10.4. The second-order valence-electron chi connectivity index (χ2n) is 7.93. The van der Waals surface area contributed by atoms with Crippen molar-refractivity contribution in [2.75, 3.05) is 36.4 Å². The molecule has 1 N–H and O–H groups in total. The molecule has 0 bridgehead atoms. The van der Waals surface area contributed by atoms with Crippen LogP contribution in [0.1, 0.15) is 27.2 Å². The molecule has 4 rings (SSSR count). The highest BCUT2D eigenvalue weighted by molar-refractivity contribution is 5.94. The van der Waals surface area contributed by atoms with Crippen LogP contribution in [-0.2, 0) is 0 Å². The number of hydrogen-bond acceptors (Lipinski definition) is 5. The van der Waals surface area contributed by atoms with E-state index in [9.17, 15) is 9.18 Å². The van der Waals surface area contributed by atoms with Crippen LogP contribution < -0.4 is 10.2 Å². The normalized spacial score (nSPS) is 13.9. The van der Waals surface area contributed by atoms with Gasteiger partial charge in [-0.05, 0) is 50.6 Å². The molecule has 31 heavy (non-hydrogen) atoms. The zero-order valence-electron chi connectivity index (χ0n) is 18.0. The van der Waals surface area contributed by atoms with Crippen LogP contribution >= 0.6 is 0 Å². The molecule has 1 amide bonds. The molecule has 0 unspecified atom stereocenters. The molecule has 6 nitrogen and oxygen atoms in total. The highest BCUT2D eigenvalue weighted by Crippen LogP contribution is 2.21. The lowest BCUT2D eigenvalue weighted by molar-refractivity contribution is 0.0746. The Kier molecular flexibility index (Phi) is 5.84. The summed E-state index contributed by atoms with van der Waals surface area (Å²) in [4.78, 5) is 25.8. The molecule has 160 valence electrons.